The molecular weight excluding hydrogens is 433 g/mol. The first-order chi connectivity index (χ1) is 14.1. The van der Waals surface area contributed by atoms with Crippen LogP contribution < -0.4 is 4.90 Å². The van der Waals surface area contributed by atoms with Crippen molar-refractivity contribution < 1.29 is 9.59 Å². The van der Waals surface area contributed by atoms with Crippen molar-refractivity contribution in [1.29, 1.82) is 0 Å². The lowest BCUT2D eigenvalue weighted by Gasteiger charge is -2.34. The molecule has 7 heteroatoms. The Hall–Kier alpha value is -1.92. The Bertz CT molecular complexity index is 884. The topological polar surface area (TPSA) is 43.9 Å². The molecule has 0 atom stereocenters. The summed E-state index contributed by atoms with van der Waals surface area (Å²) in [5.41, 5.74) is 4.21. The Labute approximate surface area is 197 Å². The molecule has 0 aromatic heterocycles. The molecule has 0 unspecified atom stereocenters. The molecule has 4 rings (SSSR count). The van der Waals surface area contributed by atoms with Gasteiger partial charge < -0.3 is 9.80 Å². The van der Waals surface area contributed by atoms with Crippen LogP contribution in [-0.4, -0.2) is 60.8 Å². The number of hydrogen-bond acceptors (Lipinski definition) is 4. The van der Waals surface area contributed by atoms with E-state index < -0.39 is 0 Å². The molecule has 1 saturated heterocycles. The number of anilines is 1. The molecule has 5 nitrogen and oxygen atoms in total. The van der Waals surface area contributed by atoms with Gasteiger partial charge in [-0.2, -0.15) is 0 Å². The maximum Gasteiger partial charge on any atom is 0.223 e. The zero-order valence-corrected chi connectivity index (χ0v) is 19.6. The van der Waals surface area contributed by atoms with Crippen molar-refractivity contribution in [2.75, 3.05) is 44.2 Å². The number of piperazine rings is 1. The van der Waals surface area contributed by atoms with Gasteiger partial charge in [0.25, 0.3) is 0 Å². The van der Waals surface area contributed by atoms with Crippen LogP contribution in [0.5, 0.6) is 0 Å². The summed E-state index contributed by atoms with van der Waals surface area (Å²) in [7, 11) is 0. The fourth-order valence-electron chi connectivity index (χ4n) is 4.32. The largest absolute Gasteiger partial charge is 0.312 e. The van der Waals surface area contributed by atoms with Gasteiger partial charge in [-0.25, -0.2) is 0 Å². The van der Waals surface area contributed by atoms with E-state index >= 15 is 0 Å². The third-order valence-electron chi connectivity index (χ3n) is 6.05. The van der Waals surface area contributed by atoms with E-state index in [1.165, 1.54) is 5.56 Å². The fourth-order valence-corrected chi connectivity index (χ4v) is 4.32. The van der Waals surface area contributed by atoms with Crippen LogP contribution in [0.25, 0.3) is 0 Å². The van der Waals surface area contributed by atoms with Crippen molar-refractivity contribution >= 4 is 42.2 Å². The predicted octanol–water partition coefficient (Wildman–Crippen LogP) is 3.83. The van der Waals surface area contributed by atoms with Gasteiger partial charge in [-0.15, -0.1) is 24.8 Å². The standard InChI is InChI=1S/C24H29N3O2.2ClH/c1-19(28)27-12-9-21-17-22(7-8-23(21)27)24(29)10-11-25-13-15-26(16-14-25)18-20-5-3-2-4-6-20;;/h2-8,17H,9-16,18H2,1H3;2*1H. The van der Waals surface area contributed by atoms with E-state index in [2.05, 4.69) is 40.1 Å². The molecule has 2 aliphatic rings. The van der Waals surface area contributed by atoms with Gasteiger partial charge in [0.1, 0.15) is 0 Å². The molecule has 0 spiro atoms. The van der Waals surface area contributed by atoms with Crippen LogP contribution in [0.1, 0.15) is 34.8 Å². The van der Waals surface area contributed by atoms with Gasteiger partial charge in [-0.1, -0.05) is 30.3 Å². The van der Waals surface area contributed by atoms with Crippen LogP contribution >= 0.6 is 24.8 Å². The first kappa shape index (κ1) is 25.3. The summed E-state index contributed by atoms with van der Waals surface area (Å²) < 4.78 is 0. The molecular formula is C24H31Cl2N3O2. The summed E-state index contributed by atoms with van der Waals surface area (Å²) in [5, 5.41) is 0. The summed E-state index contributed by atoms with van der Waals surface area (Å²) in [6.07, 6.45) is 1.38. The van der Waals surface area contributed by atoms with Gasteiger partial charge in [0, 0.05) is 70.4 Å². The minimum Gasteiger partial charge on any atom is -0.312 e. The number of nitrogens with zero attached hydrogens (tertiary/aromatic N) is 3. The molecule has 1 amide bonds. The highest BCUT2D eigenvalue weighted by Crippen LogP contribution is 2.29. The minimum atomic E-state index is 0. The normalized spacial score (nSPS) is 16.2. The number of carbonyl (C=O) groups excluding carboxylic acids is 2. The molecule has 0 bridgehead atoms. The Morgan fingerprint density at radius 3 is 2.23 bits per heavy atom. The van der Waals surface area contributed by atoms with Crippen LogP contribution in [-0.2, 0) is 17.8 Å². The molecule has 0 saturated carbocycles. The van der Waals surface area contributed by atoms with Gasteiger partial charge in [-0.05, 0) is 35.7 Å². The zero-order valence-electron chi connectivity index (χ0n) is 18.0. The van der Waals surface area contributed by atoms with Crippen LogP contribution in [0.15, 0.2) is 48.5 Å². The molecule has 168 valence electrons. The average Bonchev–Trinajstić information content (AvgIpc) is 3.17. The van der Waals surface area contributed by atoms with Crippen molar-refractivity contribution in [3.8, 4) is 0 Å². The van der Waals surface area contributed by atoms with Crippen molar-refractivity contribution in [2.45, 2.75) is 26.3 Å². The van der Waals surface area contributed by atoms with Crippen molar-refractivity contribution in [3.63, 3.8) is 0 Å². The van der Waals surface area contributed by atoms with Crippen LogP contribution in [0.4, 0.5) is 5.69 Å². The SMILES string of the molecule is CC(=O)N1CCc2cc(C(=O)CCN3CCN(Cc4ccccc4)CC3)ccc21.Cl.Cl. The van der Waals surface area contributed by atoms with Gasteiger partial charge in [-0.3, -0.25) is 14.5 Å². The summed E-state index contributed by atoms with van der Waals surface area (Å²) >= 11 is 0. The van der Waals surface area contributed by atoms with Crippen molar-refractivity contribution in [1.82, 2.24) is 9.80 Å². The Morgan fingerprint density at radius 2 is 1.55 bits per heavy atom. The first-order valence-corrected chi connectivity index (χ1v) is 10.5. The van der Waals surface area contributed by atoms with E-state index in [1.54, 1.807) is 11.8 Å². The third kappa shape index (κ3) is 6.30. The Morgan fingerprint density at radius 1 is 0.871 bits per heavy atom. The van der Waals surface area contributed by atoms with E-state index in [-0.39, 0.29) is 36.5 Å². The monoisotopic (exact) mass is 463 g/mol. The van der Waals surface area contributed by atoms with E-state index in [9.17, 15) is 9.59 Å². The molecule has 0 N–H and O–H groups in total. The maximum atomic E-state index is 12.7. The van der Waals surface area contributed by atoms with Crippen molar-refractivity contribution in [3.05, 3.63) is 65.2 Å². The highest BCUT2D eigenvalue weighted by Gasteiger charge is 2.23. The lowest BCUT2D eigenvalue weighted by atomic mass is 10.0. The lowest BCUT2D eigenvalue weighted by Crippen LogP contribution is -2.46. The maximum absolute atomic E-state index is 12.7. The van der Waals surface area contributed by atoms with Crippen LogP contribution in [0, 0.1) is 0 Å². The van der Waals surface area contributed by atoms with Gasteiger partial charge in [0.2, 0.25) is 5.91 Å². The van der Waals surface area contributed by atoms with Gasteiger partial charge in [0.15, 0.2) is 5.78 Å². The van der Waals surface area contributed by atoms with Crippen LogP contribution in [0.3, 0.4) is 0 Å². The molecule has 0 aliphatic carbocycles. The zero-order chi connectivity index (χ0) is 20.2. The predicted molar refractivity (Wildman–Crippen MR) is 130 cm³/mol. The summed E-state index contributed by atoms with van der Waals surface area (Å²) in [4.78, 5) is 31.0. The highest BCUT2D eigenvalue weighted by molar-refractivity contribution is 5.99. The fraction of sp³-hybridized carbons (Fsp3) is 0.417. The first-order valence-electron chi connectivity index (χ1n) is 10.5. The quantitative estimate of drug-likeness (QED) is 0.610. The van der Waals surface area contributed by atoms with Crippen LogP contribution in [0.2, 0.25) is 0 Å². The number of rotatable bonds is 6. The number of fused-ring (bicyclic) bond motifs is 1. The van der Waals surface area contributed by atoms with E-state index in [1.807, 2.05) is 18.2 Å². The molecule has 2 aromatic rings. The molecule has 0 radical (unpaired) electrons. The summed E-state index contributed by atoms with van der Waals surface area (Å²) in [5.74, 6) is 0.259. The molecule has 1 fully saturated rings. The second-order valence-electron chi connectivity index (χ2n) is 8.04. The number of benzene rings is 2. The van der Waals surface area contributed by atoms with Gasteiger partial charge >= 0.3 is 0 Å². The number of ketones is 1. The summed E-state index contributed by atoms with van der Waals surface area (Å²) in [6, 6.07) is 16.4. The van der Waals surface area contributed by atoms with Gasteiger partial charge in [0.05, 0.1) is 0 Å². The molecule has 2 heterocycles. The third-order valence-corrected chi connectivity index (χ3v) is 6.05. The molecule has 31 heavy (non-hydrogen) atoms. The second-order valence-corrected chi connectivity index (χ2v) is 8.04. The average molecular weight is 464 g/mol. The molecule has 2 aliphatic heterocycles. The van der Waals surface area contributed by atoms with E-state index in [4.69, 9.17) is 0 Å². The number of halogens is 2. The second kappa shape index (κ2) is 11.6. The van der Waals surface area contributed by atoms with Crippen molar-refractivity contribution in [2.24, 2.45) is 0 Å². The highest BCUT2D eigenvalue weighted by atomic mass is 35.5. The summed E-state index contributed by atoms with van der Waals surface area (Å²) in [6.45, 7) is 8.24. The van der Waals surface area contributed by atoms with E-state index in [0.717, 1.165) is 69.0 Å². The number of Topliss-reactive ketones (excluding diaryl/α,β-unsaturated/α-hetero) is 1. The Balaban J connectivity index is 0.00000171. The number of hydrogen-bond donors (Lipinski definition) is 0. The van der Waals surface area contributed by atoms with E-state index in [0.29, 0.717) is 6.42 Å². The lowest BCUT2D eigenvalue weighted by molar-refractivity contribution is -0.116. The Kier molecular flexibility index (Phi) is 9.51. The number of carbonyl (C=O) groups is 2. The smallest absolute Gasteiger partial charge is 0.223 e. The number of amides is 1. The molecule has 2 aromatic carbocycles. The minimum absolute atomic E-state index is 0.